The van der Waals surface area contributed by atoms with Crippen LogP contribution < -0.4 is 0 Å². The van der Waals surface area contributed by atoms with Gasteiger partial charge in [0.15, 0.2) is 0 Å². The Morgan fingerprint density at radius 2 is 2.04 bits per heavy atom. The molecular formula is C20H32O4. The molecule has 6 atom stereocenters. The molecule has 0 aromatic rings. The van der Waals surface area contributed by atoms with Gasteiger partial charge in [0, 0.05) is 0 Å². The van der Waals surface area contributed by atoms with Crippen LogP contribution in [0.5, 0.6) is 0 Å². The van der Waals surface area contributed by atoms with E-state index < -0.39 is 11.7 Å². The van der Waals surface area contributed by atoms with Crippen molar-refractivity contribution in [2.24, 2.45) is 29.1 Å². The Kier molecular flexibility index (Phi) is 4.59. The average Bonchev–Trinajstić information content (AvgIpc) is 2.56. The van der Waals surface area contributed by atoms with Crippen LogP contribution in [0.25, 0.3) is 0 Å². The van der Waals surface area contributed by atoms with Crippen molar-refractivity contribution in [3.8, 4) is 0 Å². The van der Waals surface area contributed by atoms with Gasteiger partial charge >= 0.3 is 5.97 Å². The first-order valence-electron chi connectivity index (χ1n) is 9.44. The predicted octanol–water partition coefficient (Wildman–Crippen LogP) is 3.07. The number of carbonyl (C=O) groups is 1. The van der Waals surface area contributed by atoms with E-state index in [4.69, 9.17) is 4.74 Å². The highest BCUT2D eigenvalue weighted by Crippen LogP contribution is 2.60. The monoisotopic (exact) mass is 336 g/mol. The largest absolute Gasteiger partial charge is 0.469 e. The second-order valence-electron chi connectivity index (χ2n) is 8.71. The van der Waals surface area contributed by atoms with Gasteiger partial charge in [0.2, 0.25) is 0 Å². The number of ether oxygens (including phenoxy) is 1. The fourth-order valence-corrected chi connectivity index (χ4v) is 5.84. The van der Waals surface area contributed by atoms with Gasteiger partial charge in [-0.05, 0) is 60.8 Å². The Balaban J connectivity index is 1.95. The van der Waals surface area contributed by atoms with Gasteiger partial charge in [-0.3, -0.25) is 4.79 Å². The molecule has 2 N–H and O–H groups in total. The van der Waals surface area contributed by atoms with E-state index in [1.807, 2.05) is 13.8 Å². The second-order valence-corrected chi connectivity index (χ2v) is 8.71. The zero-order valence-electron chi connectivity index (χ0n) is 15.4. The minimum Gasteiger partial charge on any atom is -0.469 e. The summed E-state index contributed by atoms with van der Waals surface area (Å²) in [5.41, 5.74) is 0.00400. The van der Waals surface area contributed by atoms with Crippen molar-refractivity contribution in [1.29, 1.82) is 0 Å². The molecule has 3 rings (SSSR count). The van der Waals surface area contributed by atoms with Crippen molar-refractivity contribution in [2.75, 3.05) is 7.11 Å². The van der Waals surface area contributed by atoms with Crippen LogP contribution >= 0.6 is 0 Å². The lowest BCUT2D eigenvalue weighted by molar-refractivity contribution is -0.158. The number of allylic oxidation sites excluding steroid dienone is 1. The molecule has 24 heavy (non-hydrogen) atoms. The maximum Gasteiger partial charge on any atom is 0.308 e. The third-order valence-electron chi connectivity index (χ3n) is 7.50. The maximum absolute atomic E-state index is 12.2. The molecule has 0 spiro atoms. The molecule has 0 heterocycles. The molecule has 0 bridgehead atoms. The number of rotatable bonds is 2. The quantitative estimate of drug-likeness (QED) is 0.601. The topological polar surface area (TPSA) is 66.8 Å². The van der Waals surface area contributed by atoms with E-state index in [1.165, 1.54) is 7.11 Å². The van der Waals surface area contributed by atoms with Crippen LogP contribution in [-0.4, -0.2) is 35.0 Å². The zero-order valence-corrected chi connectivity index (χ0v) is 15.4. The predicted molar refractivity (Wildman–Crippen MR) is 92.2 cm³/mol. The van der Waals surface area contributed by atoms with Crippen LogP contribution in [0, 0.1) is 29.1 Å². The van der Waals surface area contributed by atoms with Crippen LogP contribution in [0.3, 0.4) is 0 Å². The molecule has 0 aliphatic heterocycles. The summed E-state index contributed by atoms with van der Waals surface area (Å²) in [5, 5.41) is 21.9. The molecule has 2 saturated carbocycles. The summed E-state index contributed by atoms with van der Waals surface area (Å²) < 4.78 is 5.06. The van der Waals surface area contributed by atoms with Crippen LogP contribution in [0.1, 0.15) is 59.3 Å². The molecule has 0 aromatic heterocycles. The molecule has 6 unspecified atom stereocenters. The standard InChI is InChI=1S/C20H32O4/c1-12(2)20(23)11-9-16-13(17(20)21)7-8-15-14(18(22)24-4)6-5-10-19(15,16)3/h7,12,14-17,21,23H,5-6,8-11H2,1-4H3. The Morgan fingerprint density at radius 3 is 2.67 bits per heavy atom. The molecule has 4 nitrogen and oxygen atoms in total. The maximum atomic E-state index is 12.2. The van der Waals surface area contributed by atoms with Gasteiger partial charge in [0.1, 0.15) is 6.10 Å². The molecule has 3 aliphatic rings. The van der Waals surface area contributed by atoms with E-state index in [9.17, 15) is 15.0 Å². The minimum absolute atomic E-state index is 0.0144. The Labute approximate surface area is 145 Å². The van der Waals surface area contributed by atoms with Gasteiger partial charge in [0.25, 0.3) is 0 Å². The normalized spacial score (nSPS) is 45.2. The molecule has 136 valence electrons. The van der Waals surface area contributed by atoms with Gasteiger partial charge in [-0.1, -0.05) is 33.3 Å². The molecule has 0 amide bonds. The van der Waals surface area contributed by atoms with E-state index >= 15 is 0 Å². The van der Waals surface area contributed by atoms with Crippen LogP contribution in [0.2, 0.25) is 0 Å². The number of fused-ring (bicyclic) bond motifs is 3. The Bertz CT molecular complexity index is 540. The lowest BCUT2D eigenvalue weighted by Gasteiger charge is -2.57. The first-order valence-corrected chi connectivity index (χ1v) is 9.44. The fraction of sp³-hybridized carbons (Fsp3) is 0.850. The van der Waals surface area contributed by atoms with Crippen LogP contribution in [0.4, 0.5) is 0 Å². The van der Waals surface area contributed by atoms with Crippen LogP contribution in [-0.2, 0) is 9.53 Å². The smallest absolute Gasteiger partial charge is 0.308 e. The van der Waals surface area contributed by atoms with Gasteiger partial charge in [-0.2, -0.15) is 0 Å². The van der Waals surface area contributed by atoms with Crippen molar-refractivity contribution in [2.45, 2.75) is 71.0 Å². The molecule has 2 fully saturated rings. The first kappa shape index (κ1) is 17.9. The third kappa shape index (κ3) is 2.45. The van der Waals surface area contributed by atoms with E-state index in [0.29, 0.717) is 6.42 Å². The zero-order chi connectivity index (χ0) is 17.7. The van der Waals surface area contributed by atoms with Crippen molar-refractivity contribution in [3.63, 3.8) is 0 Å². The highest BCUT2D eigenvalue weighted by Gasteiger charge is 2.57. The summed E-state index contributed by atoms with van der Waals surface area (Å²) in [7, 11) is 1.48. The third-order valence-corrected chi connectivity index (χ3v) is 7.50. The molecule has 3 aliphatic carbocycles. The number of methoxy groups -OCH3 is 1. The number of esters is 1. The van der Waals surface area contributed by atoms with E-state index in [0.717, 1.165) is 37.7 Å². The van der Waals surface area contributed by atoms with Crippen molar-refractivity contribution in [3.05, 3.63) is 11.6 Å². The SMILES string of the molecule is COC(=O)C1CCCC2(C)C3CCC(O)(C(C)C)C(O)C3=CCC12. The number of aliphatic hydroxyl groups excluding tert-OH is 1. The Morgan fingerprint density at radius 1 is 1.33 bits per heavy atom. The van der Waals surface area contributed by atoms with Crippen LogP contribution in [0.15, 0.2) is 11.6 Å². The summed E-state index contributed by atoms with van der Waals surface area (Å²) in [5.74, 6) is 0.448. The van der Waals surface area contributed by atoms with Gasteiger partial charge in [-0.15, -0.1) is 0 Å². The van der Waals surface area contributed by atoms with E-state index in [-0.39, 0.29) is 35.1 Å². The molecule has 0 aromatic carbocycles. The van der Waals surface area contributed by atoms with Crippen molar-refractivity contribution >= 4 is 5.97 Å². The lowest BCUT2D eigenvalue weighted by Crippen LogP contribution is -2.57. The highest BCUT2D eigenvalue weighted by atomic mass is 16.5. The molecule has 4 heteroatoms. The second kappa shape index (κ2) is 6.14. The van der Waals surface area contributed by atoms with E-state index in [1.54, 1.807) is 0 Å². The number of hydrogen-bond acceptors (Lipinski definition) is 4. The van der Waals surface area contributed by atoms with Crippen molar-refractivity contribution in [1.82, 2.24) is 0 Å². The highest BCUT2D eigenvalue weighted by molar-refractivity contribution is 5.73. The summed E-state index contributed by atoms with van der Waals surface area (Å²) >= 11 is 0. The first-order chi connectivity index (χ1) is 11.3. The number of carbonyl (C=O) groups excluding carboxylic acids is 1. The fourth-order valence-electron chi connectivity index (χ4n) is 5.84. The Hall–Kier alpha value is -0.870. The van der Waals surface area contributed by atoms with Gasteiger partial charge in [0.05, 0.1) is 18.6 Å². The van der Waals surface area contributed by atoms with Crippen molar-refractivity contribution < 1.29 is 19.7 Å². The van der Waals surface area contributed by atoms with E-state index in [2.05, 4.69) is 13.0 Å². The molecular weight excluding hydrogens is 304 g/mol. The average molecular weight is 336 g/mol. The summed E-state index contributed by atoms with van der Waals surface area (Å²) in [6, 6.07) is 0. The summed E-state index contributed by atoms with van der Waals surface area (Å²) in [4.78, 5) is 12.2. The number of aliphatic hydroxyl groups is 2. The molecule has 0 saturated heterocycles. The molecule has 0 radical (unpaired) electrons. The minimum atomic E-state index is -1.03. The van der Waals surface area contributed by atoms with Gasteiger partial charge in [-0.25, -0.2) is 0 Å². The number of hydrogen-bond donors (Lipinski definition) is 2. The summed E-state index contributed by atoms with van der Waals surface area (Å²) in [6.45, 7) is 6.24. The summed E-state index contributed by atoms with van der Waals surface area (Å²) in [6.07, 6.45) is 6.66. The van der Waals surface area contributed by atoms with Gasteiger partial charge < -0.3 is 14.9 Å². The lowest BCUT2D eigenvalue weighted by atomic mass is 9.48.